The smallest absolute Gasteiger partial charge is 0.198 e. The van der Waals surface area contributed by atoms with E-state index >= 15 is 0 Å². The molecule has 1 atom stereocenters. The maximum Gasteiger partial charge on any atom is 0.198 e. The first-order chi connectivity index (χ1) is 10.1. The molecule has 1 heterocycles. The summed E-state index contributed by atoms with van der Waals surface area (Å²) in [4.78, 5) is 12.3. The summed E-state index contributed by atoms with van der Waals surface area (Å²) in [6.45, 7) is 2.03. The fourth-order valence-corrected chi connectivity index (χ4v) is 2.44. The van der Waals surface area contributed by atoms with Crippen LogP contribution >= 0.6 is 0 Å². The van der Waals surface area contributed by atoms with Crippen molar-refractivity contribution in [3.63, 3.8) is 0 Å². The normalized spacial score (nSPS) is 12.4. The van der Waals surface area contributed by atoms with E-state index in [0.29, 0.717) is 12.2 Å². The van der Waals surface area contributed by atoms with E-state index in [1.54, 1.807) is 0 Å². The maximum absolute atomic E-state index is 12.3. The number of anilines is 1. The Balaban J connectivity index is 1.77. The highest BCUT2D eigenvalue weighted by Gasteiger charge is 2.16. The van der Waals surface area contributed by atoms with Gasteiger partial charge in [-0.2, -0.15) is 0 Å². The van der Waals surface area contributed by atoms with Crippen molar-refractivity contribution in [1.82, 2.24) is 0 Å². The molecule has 2 aromatic carbocycles. The molecule has 0 aliphatic carbocycles. The van der Waals surface area contributed by atoms with Gasteiger partial charge in [-0.1, -0.05) is 37.3 Å². The van der Waals surface area contributed by atoms with E-state index in [1.807, 2.05) is 61.5 Å². The van der Waals surface area contributed by atoms with Gasteiger partial charge in [0, 0.05) is 17.5 Å². The van der Waals surface area contributed by atoms with Crippen LogP contribution in [0, 0.1) is 0 Å². The molecule has 3 rings (SSSR count). The van der Waals surface area contributed by atoms with Gasteiger partial charge in [-0.25, -0.2) is 0 Å². The van der Waals surface area contributed by atoms with Gasteiger partial charge in [0.05, 0.1) is 0 Å². The van der Waals surface area contributed by atoms with Crippen molar-refractivity contribution >= 4 is 22.4 Å². The van der Waals surface area contributed by atoms with Gasteiger partial charge in [-0.15, -0.1) is 0 Å². The van der Waals surface area contributed by atoms with Crippen LogP contribution < -0.4 is 5.73 Å². The number of hydrogen-bond donors (Lipinski definition) is 1. The molecule has 0 saturated heterocycles. The molecule has 3 nitrogen and oxygen atoms in total. The van der Waals surface area contributed by atoms with Crippen molar-refractivity contribution in [3.8, 4) is 0 Å². The summed E-state index contributed by atoms with van der Waals surface area (Å²) < 4.78 is 5.62. The minimum Gasteiger partial charge on any atom is -0.453 e. The predicted molar refractivity (Wildman–Crippen MR) is 84.4 cm³/mol. The monoisotopic (exact) mass is 279 g/mol. The number of ketones is 1. The Kier molecular flexibility index (Phi) is 3.48. The Morgan fingerprint density at radius 1 is 1.14 bits per heavy atom. The van der Waals surface area contributed by atoms with Crippen LogP contribution in [0.5, 0.6) is 0 Å². The molecule has 0 radical (unpaired) electrons. The lowest BCUT2D eigenvalue weighted by atomic mass is 9.95. The molecule has 0 bridgehead atoms. The van der Waals surface area contributed by atoms with Crippen LogP contribution in [0.15, 0.2) is 59.0 Å². The van der Waals surface area contributed by atoms with Crippen LogP contribution in [0.2, 0.25) is 0 Å². The highest BCUT2D eigenvalue weighted by molar-refractivity contribution is 5.97. The van der Waals surface area contributed by atoms with Crippen LogP contribution in [0.3, 0.4) is 0 Å². The Labute approximate surface area is 123 Å². The van der Waals surface area contributed by atoms with E-state index in [9.17, 15) is 4.79 Å². The topological polar surface area (TPSA) is 56.2 Å². The van der Waals surface area contributed by atoms with E-state index in [-0.39, 0.29) is 11.7 Å². The quantitative estimate of drug-likeness (QED) is 0.569. The highest BCUT2D eigenvalue weighted by Crippen LogP contribution is 2.25. The van der Waals surface area contributed by atoms with Gasteiger partial charge in [-0.3, -0.25) is 4.79 Å². The molecule has 0 fully saturated rings. The average molecular weight is 279 g/mol. The molecular formula is C18H17NO2. The summed E-state index contributed by atoms with van der Waals surface area (Å²) >= 11 is 0. The van der Waals surface area contributed by atoms with Gasteiger partial charge < -0.3 is 10.2 Å². The van der Waals surface area contributed by atoms with Crippen molar-refractivity contribution in [2.24, 2.45) is 0 Å². The van der Waals surface area contributed by atoms with Crippen molar-refractivity contribution in [1.29, 1.82) is 0 Å². The summed E-state index contributed by atoms with van der Waals surface area (Å²) in [5, 5.41) is 0.959. The number of furan rings is 1. The minimum absolute atomic E-state index is 0.0236. The Morgan fingerprint density at radius 2 is 1.86 bits per heavy atom. The minimum atomic E-state index is 0.0236. The van der Waals surface area contributed by atoms with Gasteiger partial charge >= 0.3 is 0 Å². The van der Waals surface area contributed by atoms with E-state index in [2.05, 4.69) is 0 Å². The lowest BCUT2D eigenvalue weighted by Gasteiger charge is -2.10. The SMILES string of the molecule is CC(CC(=O)c1cc2ccccc2o1)c1ccc(N)cc1. The van der Waals surface area contributed by atoms with E-state index in [0.717, 1.165) is 22.2 Å². The Hall–Kier alpha value is -2.55. The standard InChI is InChI=1S/C18H17NO2/c1-12(13-6-8-15(19)9-7-13)10-16(20)18-11-14-4-2-3-5-17(14)21-18/h2-9,11-12H,10,19H2,1H3. The lowest BCUT2D eigenvalue weighted by molar-refractivity contribution is 0.0951. The number of Topliss-reactive ketones (excluding diaryl/α,β-unsaturated/α-hetero) is 1. The number of fused-ring (bicyclic) bond motifs is 1. The number of nitrogen functional groups attached to an aromatic ring is 1. The van der Waals surface area contributed by atoms with Crippen LogP contribution in [0.1, 0.15) is 35.4 Å². The molecule has 3 aromatic rings. The fourth-order valence-electron chi connectivity index (χ4n) is 2.44. The number of hydrogen-bond acceptors (Lipinski definition) is 3. The molecular weight excluding hydrogens is 262 g/mol. The first kappa shape index (κ1) is 13.4. The molecule has 0 spiro atoms. The molecule has 0 aliphatic heterocycles. The zero-order chi connectivity index (χ0) is 14.8. The number of carbonyl (C=O) groups is 1. The third-order valence-electron chi connectivity index (χ3n) is 3.70. The van der Waals surface area contributed by atoms with Crippen LogP contribution in [0.4, 0.5) is 5.69 Å². The van der Waals surface area contributed by atoms with Crippen molar-refractivity contribution < 1.29 is 9.21 Å². The zero-order valence-electron chi connectivity index (χ0n) is 11.9. The number of benzene rings is 2. The zero-order valence-corrected chi connectivity index (χ0v) is 11.9. The van der Waals surface area contributed by atoms with Crippen LogP contribution in [-0.2, 0) is 0 Å². The molecule has 3 heteroatoms. The summed E-state index contributed by atoms with van der Waals surface area (Å²) in [6.07, 6.45) is 0.420. The molecule has 1 aromatic heterocycles. The van der Waals surface area contributed by atoms with Gasteiger partial charge in [0.25, 0.3) is 0 Å². The first-order valence-corrected chi connectivity index (χ1v) is 7.00. The second-order valence-corrected chi connectivity index (χ2v) is 5.34. The molecule has 2 N–H and O–H groups in total. The summed E-state index contributed by atoms with van der Waals surface area (Å²) in [7, 11) is 0. The van der Waals surface area contributed by atoms with E-state index < -0.39 is 0 Å². The number of carbonyl (C=O) groups excluding carboxylic acids is 1. The third kappa shape index (κ3) is 2.82. The molecule has 106 valence electrons. The average Bonchev–Trinajstić information content (AvgIpc) is 2.92. The Bertz CT molecular complexity index is 738. The molecule has 0 amide bonds. The summed E-state index contributed by atoms with van der Waals surface area (Å²) in [5.41, 5.74) is 8.27. The summed E-state index contributed by atoms with van der Waals surface area (Å²) in [5.74, 6) is 0.584. The van der Waals surface area contributed by atoms with E-state index in [4.69, 9.17) is 10.2 Å². The molecule has 0 saturated carbocycles. The van der Waals surface area contributed by atoms with Crippen molar-refractivity contribution in [3.05, 3.63) is 65.9 Å². The number of para-hydroxylation sites is 1. The van der Waals surface area contributed by atoms with Gasteiger partial charge in [0.1, 0.15) is 5.58 Å². The lowest BCUT2D eigenvalue weighted by Crippen LogP contribution is -2.04. The first-order valence-electron chi connectivity index (χ1n) is 7.00. The second-order valence-electron chi connectivity index (χ2n) is 5.34. The second kappa shape index (κ2) is 5.44. The molecule has 0 aliphatic rings. The van der Waals surface area contributed by atoms with Crippen LogP contribution in [0.25, 0.3) is 11.0 Å². The van der Waals surface area contributed by atoms with Gasteiger partial charge in [-0.05, 0) is 35.7 Å². The van der Waals surface area contributed by atoms with Crippen LogP contribution in [-0.4, -0.2) is 5.78 Å². The van der Waals surface area contributed by atoms with Gasteiger partial charge in [0.15, 0.2) is 11.5 Å². The largest absolute Gasteiger partial charge is 0.453 e. The molecule has 1 unspecified atom stereocenters. The summed E-state index contributed by atoms with van der Waals surface area (Å²) in [6, 6.07) is 17.1. The predicted octanol–water partition coefficient (Wildman–Crippen LogP) is 4.39. The number of rotatable bonds is 4. The van der Waals surface area contributed by atoms with Crippen molar-refractivity contribution in [2.45, 2.75) is 19.3 Å². The van der Waals surface area contributed by atoms with Crippen molar-refractivity contribution in [2.75, 3.05) is 5.73 Å². The fraction of sp³-hybridized carbons (Fsp3) is 0.167. The molecule has 21 heavy (non-hydrogen) atoms. The Morgan fingerprint density at radius 3 is 2.57 bits per heavy atom. The third-order valence-corrected chi connectivity index (χ3v) is 3.70. The van der Waals surface area contributed by atoms with E-state index in [1.165, 1.54) is 0 Å². The van der Waals surface area contributed by atoms with Gasteiger partial charge in [0.2, 0.25) is 0 Å². The highest BCUT2D eigenvalue weighted by atomic mass is 16.3. The number of nitrogens with two attached hydrogens (primary N) is 1. The maximum atomic E-state index is 12.3.